The van der Waals surface area contributed by atoms with Crippen LogP contribution in [-0.2, 0) is 12.6 Å². The topological polar surface area (TPSA) is 38.0 Å². The van der Waals surface area contributed by atoms with Gasteiger partial charge in [-0.15, -0.1) is 0 Å². The second kappa shape index (κ2) is 5.11. The number of rotatable bonds is 1. The Balaban J connectivity index is 2.07. The summed E-state index contributed by atoms with van der Waals surface area (Å²) >= 11 is 11.7. The first-order valence-electron chi connectivity index (χ1n) is 6.15. The van der Waals surface area contributed by atoms with Crippen LogP contribution in [0.5, 0.6) is 0 Å². The van der Waals surface area contributed by atoms with Crippen molar-refractivity contribution in [2.75, 3.05) is 0 Å². The van der Waals surface area contributed by atoms with Gasteiger partial charge in [-0.05, 0) is 17.7 Å². The molecule has 1 heterocycles. The van der Waals surface area contributed by atoms with E-state index in [9.17, 15) is 22.7 Å². The molecule has 0 fully saturated rings. The molecule has 0 spiro atoms. The zero-order valence-corrected chi connectivity index (χ0v) is 12.2. The number of hydrogen-bond acceptors (Lipinski definition) is 2. The number of benzene rings is 1. The van der Waals surface area contributed by atoms with Gasteiger partial charge in [-0.3, -0.25) is 0 Å². The summed E-state index contributed by atoms with van der Waals surface area (Å²) in [5.41, 5.74) is -0.441. The van der Waals surface area contributed by atoms with Crippen molar-refractivity contribution in [1.29, 1.82) is 0 Å². The van der Waals surface area contributed by atoms with Crippen LogP contribution in [0.3, 0.4) is 0 Å². The van der Waals surface area contributed by atoms with E-state index >= 15 is 0 Å². The Morgan fingerprint density at radius 3 is 2.32 bits per heavy atom. The highest BCUT2D eigenvalue weighted by molar-refractivity contribution is 6.37. The highest BCUT2D eigenvalue weighted by atomic mass is 35.5. The molecular formula is C13H8Cl2F4N2O. The maximum atomic E-state index is 13.7. The molecule has 1 aliphatic carbocycles. The molecule has 1 aromatic carbocycles. The van der Waals surface area contributed by atoms with E-state index in [1.54, 1.807) is 0 Å². The molecule has 22 heavy (non-hydrogen) atoms. The predicted octanol–water partition coefficient (Wildman–Crippen LogP) is 4.13. The first-order valence-corrected chi connectivity index (χ1v) is 6.91. The molecule has 0 amide bonds. The number of alkyl halides is 4. The number of aliphatic hydroxyl groups is 1. The minimum absolute atomic E-state index is 0.0347. The molecule has 0 radical (unpaired) electrons. The Bertz CT molecular complexity index is 721. The molecule has 3 nitrogen and oxygen atoms in total. The number of fused-ring (bicyclic) bond motifs is 1. The maximum Gasteiger partial charge on any atom is 0.416 e. The standard InChI is InChI=1S/C13H8Cl2F4N2O/c14-7-2-6(13(17,18)19)3-8(15)12(7)21-4-5-1-9(22)10(16)11(5)20-21/h2-4,9-10,22H,1H2. The van der Waals surface area contributed by atoms with Crippen LogP contribution in [0, 0.1) is 0 Å². The fourth-order valence-corrected chi connectivity index (χ4v) is 3.05. The fourth-order valence-electron chi connectivity index (χ4n) is 2.39. The third-order valence-corrected chi connectivity index (χ3v) is 4.00. The minimum atomic E-state index is -4.58. The molecule has 2 unspecified atom stereocenters. The summed E-state index contributed by atoms with van der Waals surface area (Å²) in [4.78, 5) is 0. The molecule has 2 aromatic rings. The van der Waals surface area contributed by atoms with Crippen molar-refractivity contribution in [1.82, 2.24) is 9.78 Å². The van der Waals surface area contributed by atoms with Crippen LogP contribution in [-0.4, -0.2) is 21.0 Å². The van der Waals surface area contributed by atoms with E-state index < -0.39 is 24.0 Å². The van der Waals surface area contributed by atoms with E-state index in [-0.39, 0.29) is 27.8 Å². The summed E-state index contributed by atoms with van der Waals surface area (Å²) in [5, 5.41) is 12.8. The van der Waals surface area contributed by atoms with E-state index in [4.69, 9.17) is 23.2 Å². The number of aromatic nitrogens is 2. The SMILES string of the molecule is OC1Cc2cn(-c3c(Cl)cc(C(F)(F)F)cc3Cl)nc2C1F. The Morgan fingerprint density at radius 2 is 1.82 bits per heavy atom. The number of halogens is 6. The van der Waals surface area contributed by atoms with Crippen molar-refractivity contribution in [2.45, 2.75) is 24.9 Å². The van der Waals surface area contributed by atoms with Crippen LogP contribution < -0.4 is 0 Å². The lowest BCUT2D eigenvalue weighted by atomic mass is 10.2. The lowest BCUT2D eigenvalue weighted by Crippen LogP contribution is -2.11. The van der Waals surface area contributed by atoms with E-state index in [0.29, 0.717) is 5.56 Å². The molecule has 118 valence electrons. The summed E-state index contributed by atoms with van der Waals surface area (Å²) in [7, 11) is 0. The zero-order chi connectivity index (χ0) is 16.2. The summed E-state index contributed by atoms with van der Waals surface area (Å²) < 4.78 is 52.9. The van der Waals surface area contributed by atoms with Crippen molar-refractivity contribution in [3.8, 4) is 5.69 Å². The Morgan fingerprint density at radius 1 is 1.23 bits per heavy atom. The van der Waals surface area contributed by atoms with Crippen LogP contribution in [0.2, 0.25) is 10.0 Å². The van der Waals surface area contributed by atoms with Crippen LogP contribution in [0.15, 0.2) is 18.3 Å². The van der Waals surface area contributed by atoms with Gasteiger partial charge in [-0.1, -0.05) is 23.2 Å². The molecule has 1 aromatic heterocycles. The lowest BCUT2D eigenvalue weighted by molar-refractivity contribution is -0.137. The molecule has 0 saturated heterocycles. The van der Waals surface area contributed by atoms with Gasteiger partial charge in [0.2, 0.25) is 0 Å². The van der Waals surface area contributed by atoms with Gasteiger partial charge in [0.05, 0.1) is 21.7 Å². The Labute approximate surface area is 132 Å². The van der Waals surface area contributed by atoms with Gasteiger partial charge < -0.3 is 5.11 Å². The summed E-state index contributed by atoms with van der Waals surface area (Å²) in [6.07, 6.45) is -5.90. The molecule has 9 heteroatoms. The zero-order valence-electron chi connectivity index (χ0n) is 10.7. The van der Waals surface area contributed by atoms with E-state index in [0.717, 1.165) is 16.8 Å². The van der Waals surface area contributed by atoms with Crippen molar-refractivity contribution < 1.29 is 22.7 Å². The van der Waals surface area contributed by atoms with Gasteiger partial charge in [-0.25, -0.2) is 9.07 Å². The van der Waals surface area contributed by atoms with Gasteiger partial charge in [-0.2, -0.15) is 18.3 Å². The highest BCUT2D eigenvalue weighted by Crippen LogP contribution is 2.39. The number of aliphatic hydroxyl groups excluding tert-OH is 1. The van der Waals surface area contributed by atoms with Gasteiger partial charge >= 0.3 is 6.18 Å². The molecule has 0 bridgehead atoms. The Hall–Kier alpha value is -1.31. The van der Waals surface area contributed by atoms with Crippen LogP contribution in [0.25, 0.3) is 5.69 Å². The van der Waals surface area contributed by atoms with Crippen molar-refractivity contribution in [2.24, 2.45) is 0 Å². The Kier molecular flexibility index (Phi) is 3.62. The van der Waals surface area contributed by atoms with Crippen molar-refractivity contribution in [3.63, 3.8) is 0 Å². The smallest absolute Gasteiger partial charge is 0.389 e. The minimum Gasteiger partial charge on any atom is -0.389 e. The molecular weight excluding hydrogens is 347 g/mol. The van der Waals surface area contributed by atoms with E-state index in [1.807, 2.05) is 0 Å². The lowest BCUT2D eigenvalue weighted by Gasteiger charge is -2.13. The highest BCUT2D eigenvalue weighted by Gasteiger charge is 2.36. The number of nitrogens with zero attached hydrogens (tertiary/aromatic N) is 2. The fraction of sp³-hybridized carbons (Fsp3) is 0.308. The first-order chi connectivity index (χ1) is 10.2. The van der Waals surface area contributed by atoms with Gasteiger partial charge in [0.1, 0.15) is 11.4 Å². The average molecular weight is 355 g/mol. The van der Waals surface area contributed by atoms with Crippen LogP contribution in [0.1, 0.15) is 23.0 Å². The third-order valence-electron chi connectivity index (χ3n) is 3.42. The quantitative estimate of drug-likeness (QED) is 0.782. The summed E-state index contributed by atoms with van der Waals surface area (Å²) in [6, 6.07) is 1.47. The molecule has 1 aliphatic rings. The molecule has 1 N–H and O–H groups in total. The van der Waals surface area contributed by atoms with Gasteiger partial charge in [0.15, 0.2) is 6.17 Å². The normalized spacial score (nSPS) is 21.2. The van der Waals surface area contributed by atoms with Crippen LogP contribution in [0.4, 0.5) is 17.6 Å². The maximum absolute atomic E-state index is 13.7. The average Bonchev–Trinajstić information content (AvgIpc) is 2.89. The van der Waals surface area contributed by atoms with E-state index in [1.165, 1.54) is 6.20 Å². The largest absolute Gasteiger partial charge is 0.416 e. The first kappa shape index (κ1) is 15.6. The van der Waals surface area contributed by atoms with E-state index in [2.05, 4.69) is 5.10 Å². The van der Waals surface area contributed by atoms with Crippen molar-refractivity contribution >= 4 is 23.2 Å². The van der Waals surface area contributed by atoms with Gasteiger partial charge in [0, 0.05) is 12.6 Å². The monoisotopic (exact) mass is 354 g/mol. The number of hydrogen-bond donors (Lipinski definition) is 1. The van der Waals surface area contributed by atoms with Gasteiger partial charge in [0.25, 0.3) is 0 Å². The molecule has 3 rings (SSSR count). The third kappa shape index (κ3) is 2.47. The predicted molar refractivity (Wildman–Crippen MR) is 72.1 cm³/mol. The van der Waals surface area contributed by atoms with Crippen LogP contribution >= 0.6 is 23.2 Å². The molecule has 0 aliphatic heterocycles. The van der Waals surface area contributed by atoms with Crippen molar-refractivity contribution in [3.05, 3.63) is 45.2 Å². The molecule has 2 atom stereocenters. The second-order valence-electron chi connectivity index (χ2n) is 4.94. The second-order valence-corrected chi connectivity index (χ2v) is 5.76. The molecule has 0 saturated carbocycles. The summed E-state index contributed by atoms with van der Waals surface area (Å²) in [5.74, 6) is 0. The summed E-state index contributed by atoms with van der Waals surface area (Å²) in [6.45, 7) is 0.